The summed E-state index contributed by atoms with van der Waals surface area (Å²) in [5.41, 5.74) is 1.72. The van der Waals surface area contributed by atoms with Crippen LogP contribution in [-0.4, -0.2) is 15.2 Å². The SMILES string of the molecule is CC1(C)Cc2c(sc3nc4n(c3c2=O)CCC4)CO1. The van der Waals surface area contributed by atoms with Crippen molar-refractivity contribution in [2.75, 3.05) is 0 Å². The molecule has 0 fully saturated rings. The van der Waals surface area contributed by atoms with Gasteiger partial charge in [0, 0.05) is 29.8 Å². The van der Waals surface area contributed by atoms with Crippen molar-refractivity contribution in [3.05, 3.63) is 26.5 Å². The van der Waals surface area contributed by atoms with E-state index in [1.807, 2.05) is 13.8 Å². The topological polar surface area (TPSA) is 44.1 Å². The predicted octanol–water partition coefficient (Wildman–Crippen LogP) is 2.26. The van der Waals surface area contributed by atoms with Gasteiger partial charge in [0.1, 0.15) is 16.2 Å². The summed E-state index contributed by atoms with van der Waals surface area (Å²) in [5.74, 6) is 1.07. The number of hydrogen-bond donors (Lipinski definition) is 0. The molecule has 5 heteroatoms. The van der Waals surface area contributed by atoms with Crippen LogP contribution in [0.25, 0.3) is 10.3 Å². The second kappa shape index (κ2) is 3.67. The zero-order chi connectivity index (χ0) is 13.2. The Morgan fingerprint density at radius 3 is 3.11 bits per heavy atom. The highest BCUT2D eigenvalue weighted by atomic mass is 32.1. The molecule has 100 valence electrons. The summed E-state index contributed by atoms with van der Waals surface area (Å²) >= 11 is 1.63. The van der Waals surface area contributed by atoms with Crippen LogP contribution in [0.4, 0.5) is 0 Å². The van der Waals surface area contributed by atoms with Gasteiger partial charge in [-0.2, -0.15) is 0 Å². The lowest BCUT2D eigenvalue weighted by atomic mass is 9.95. The van der Waals surface area contributed by atoms with Gasteiger partial charge in [-0.25, -0.2) is 4.98 Å². The van der Waals surface area contributed by atoms with Gasteiger partial charge in [0.25, 0.3) is 0 Å². The Morgan fingerprint density at radius 2 is 2.26 bits per heavy atom. The molecule has 0 amide bonds. The average molecular weight is 276 g/mol. The van der Waals surface area contributed by atoms with Gasteiger partial charge in [0.15, 0.2) is 0 Å². The molecule has 0 aliphatic carbocycles. The van der Waals surface area contributed by atoms with Crippen LogP contribution in [0.2, 0.25) is 0 Å². The Balaban J connectivity index is 2.03. The van der Waals surface area contributed by atoms with Crippen LogP contribution in [-0.2, 0) is 30.7 Å². The zero-order valence-corrected chi connectivity index (χ0v) is 12.0. The molecule has 2 aliphatic rings. The molecule has 0 saturated carbocycles. The van der Waals surface area contributed by atoms with E-state index < -0.39 is 0 Å². The van der Waals surface area contributed by atoms with Crippen molar-refractivity contribution in [1.29, 1.82) is 0 Å². The summed E-state index contributed by atoms with van der Waals surface area (Å²) in [5, 5.41) is 0. The highest BCUT2D eigenvalue weighted by molar-refractivity contribution is 7.18. The van der Waals surface area contributed by atoms with Crippen LogP contribution in [0.1, 0.15) is 36.5 Å². The minimum Gasteiger partial charge on any atom is -0.370 e. The van der Waals surface area contributed by atoms with Gasteiger partial charge < -0.3 is 9.30 Å². The molecule has 19 heavy (non-hydrogen) atoms. The van der Waals surface area contributed by atoms with E-state index in [9.17, 15) is 4.79 Å². The lowest BCUT2D eigenvalue weighted by molar-refractivity contribution is -0.0386. The molecule has 2 aliphatic heterocycles. The third kappa shape index (κ3) is 1.61. The van der Waals surface area contributed by atoms with Gasteiger partial charge in [-0.15, -0.1) is 11.3 Å². The Morgan fingerprint density at radius 1 is 1.42 bits per heavy atom. The summed E-state index contributed by atoms with van der Waals surface area (Å²) in [6.07, 6.45) is 2.80. The fourth-order valence-corrected chi connectivity index (χ4v) is 4.16. The van der Waals surface area contributed by atoms with E-state index in [1.54, 1.807) is 11.3 Å². The van der Waals surface area contributed by atoms with Gasteiger partial charge in [-0.3, -0.25) is 4.79 Å². The van der Waals surface area contributed by atoms with Crippen LogP contribution >= 0.6 is 11.3 Å². The molecule has 2 aromatic rings. The quantitative estimate of drug-likeness (QED) is 0.741. The minimum absolute atomic E-state index is 0.181. The van der Waals surface area contributed by atoms with Gasteiger partial charge in [0.2, 0.25) is 5.43 Å². The van der Waals surface area contributed by atoms with Crippen molar-refractivity contribution < 1.29 is 4.74 Å². The number of hydrogen-bond acceptors (Lipinski definition) is 4. The third-order valence-corrected chi connectivity index (χ3v) is 5.13. The summed E-state index contributed by atoms with van der Waals surface area (Å²) in [4.78, 5) is 19.4. The van der Waals surface area contributed by atoms with E-state index in [2.05, 4.69) is 9.55 Å². The molecular weight excluding hydrogens is 260 g/mol. The molecule has 0 aromatic carbocycles. The van der Waals surface area contributed by atoms with Crippen LogP contribution < -0.4 is 5.43 Å². The maximum absolute atomic E-state index is 12.8. The molecule has 0 bridgehead atoms. The van der Waals surface area contributed by atoms with Crippen molar-refractivity contribution >= 4 is 21.7 Å². The van der Waals surface area contributed by atoms with Crippen molar-refractivity contribution in [1.82, 2.24) is 9.55 Å². The minimum atomic E-state index is -0.236. The van der Waals surface area contributed by atoms with E-state index in [1.165, 1.54) is 0 Å². The third-order valence-electron chi connectivity index (χ3n) is 4.04. The van der Waals surface area contributed by atoms with Gasteiger partial charge in [-0.05, 0) is 20.3 Å². The van der Waals surface area contributed by atoms with Crippen LogP contribution in [0, 0.1) is 0 Å². The second-order valence-electron chi connectivity index (χ2n) is 6.00. The zero-order valence-electron chi connectivity index (χ0n) is 11.2. The number of imidazole rings is 1. The Kier molecular flexibility index (Phi) is 2.24. The molecule has 0 N–H and O–H groups in total. The summed E-state index contributed by atoms with van der Waals surface area (Å²) in [6.45, 7) is 5.57. The van der Waals surface area contributed by atoms with E-state index in [-0.39, 0.29) is 11.0 Å². The Labute approximate surface area is 115 Å². The molecule has 0 spiro atoms. The smallest absolute Gasteiger partial charge is 0.209 e. The standard InChI is InChI=1S/C14H16N2O2S/c1-14(2)6-8-9(7-18-14)19-13-11(12(8)17)16-5-3-4-10(16)15-13/h3-7H2,1-2H3. The Hall–Kier alpha value is -1.20. The first kappa shape index (κ1) is 11.6. The number of rotatable bonds is 0. The van der Waals surface area contributed by atoms with E-state index in [0.29, 0.717) is 13.0 Å². The summed E-state index contributed by atoms with van der Waals surface area (Å²) in [7, 11) is 0. The lowest BCUT2D eigenvalue weighted by Crippen LogP contribution is -2.35. The number of ether oxygens (including phenoxy) is 1. The number of nitrogens with zero attached hydrogens (tertiary/aromatic N) is 2. The predicted molar refractivity (Wildman–Crippen MR) is 74.8 cm³/mol. The van der Waals surface area contributed by atoms with Gasteiger partial charge in [0.05, 0.1) is 12.2 Å². The molecule has 0 saturated heterocycles. The maximum Gasteiger partial charge on any atom is 0.209 e. The highest BCUT2D eigenvalue weighted by Gasteiger charge is 2.31. The monoisotopic (exact) mass is 276 g/mol. The largest absolute Gasteiger partial charge is 0.370 e. The van der Waals surface area contributed by atoms with Crippen molar-refractivity contribution in [2.24, 2.45) is 0 Å². The molecule has 0 unspecified atom stereocenters. The molecule has 2 aromatic heterocycles. The first-order chi connectivity index (χ1) is 9.05. The van der Waals surface area contributed by atoms with Crippen LogP contribution in [0.15, 0.2) is 4.79 Å². The first-order valence-electron chi connectivity index (χ1n) is 6.73. The normalized spacial score (nSPS) is 20.5. The van der Waals surface area contributed by atoms with Crippen LogP contribution in [0.5, 0.6) is 0 Å². The number of aromatic nitrogens is 2. The van der Waals surface area contributed by atoms with Crippen molar-refractivity contribution in [2.45, 2.75) is 51.9 Å². The van der Waals surface area contributed by atoms with E-state index in [4.69, 9.17) is 4.74 Å². The molecule has 4 rings (SSSR count). The number of aryl methyl sites for hydroxylation is 2. The fourth-order valence-electron chi connectivity index (χ4n) is 3.07. The highest BCUT2D eigenvalue weighted by Crippen LogP contribution is 2.32. The Bertz CT molecular complexity index is 742. The van der Waals surface area contributed by atoms with Crippen molar-refractivity contribution in [3.8, 4) is 0 Å². The van der Waals surface area contributed by atoms with Gasteiger partial charge in [-0.1, -0.05) is 0 Å². The van der Waals surface area contributed by atoms with E-state index >= 15 is 0 Å². The van der Waals surface area contributed by atoms with Gasteiger partial charge >= 0.3 is 0 Å². The average Bonchev–Trinajstić information content (AvgIpc) is 2.89. The summed E-state index contributed by atoms with van der Waals surface area (Å²) in [6, 6.07) is 0. The molecule has 0 atom stereocenters. The molecule has 4 heterocycles. The van der Waals surface area contributed by atoms with Crippen LogP contribution in [0.3, 0.4) is 0 Å². The number of fused-ring (bicyclic) bond motifs is 4. The fraction of sp³-hybridized carbons (Fsp3) is 0.571. The molecular formula is C14H16N2O2S. The van der Waals surface area contributed by atoms with Crippen molar-refractivity contribution in [3.63, 3.8) is 0 Å². The maximum atomic E-state index is 12.8. The second-order valence-corrected chi connectivity index (χ2v) is 7.08. The molecule has 4 nitrogen and oxygen atoms in total. The molecule has 0 radical (unpaired) electrons. The lowest BCUT2D eigenvalue weighted by Gasteiger charge is -2.30. The first-order valence-corrected chi connectivity index (χ1v) is 7.55. The summed E-state index contributed by atoms with van der Waals surface area (Å²) < 4.78 is 7.93. The van der Waals surface area contributed by atoms with E-state index in [0.717, 1.165) is 46.0 Å².